The average molecular weight is 513 g/mol. The zero-order chi connectivity index (χ0) is 25.0. The Balaban J connectivity index is 1.12. The number of aromatic nitrogens is 2. The number of rotatable bonds is 11. The molecule has 4 nitrogen and oxygen atoms in total. The fourth-order valence-electron chi connectivity index (χ4n) is 3.46. The number of nitrogens with two attached hydrogens (primary N) is 2. The Morgan fingerprint density at radius 3 is 1.11 bits per heavy atom. The first-order valence-electron chi connectivity index (χ1n) is 11.9. The summed E-state index contributed by atoms with van der Waals surface area (Å²) in [7, 11) is 3.86. The highest BCUT2D eigenvalue weighted by molar-refractivity contribution is 8.76. The van der Waals surface area contributed by atoms with Crippen molar-refractivity contribution in [1.82, 2.24) is 0 Å². The lowest BCUT2D eigenvalue weighted by Crippen LogP contribution is -2.34. The summed E-state index contributed by atoms with van der Waals surface area (Å²) in [6.45, 7) is 2.00. The van der Waals surface area contributed by atoms with Crippen LogP contribution in [0.3, 0.4) is 0 Å². The molecule has 0 spiro atoms. The van der Waals surface area contributed by atoms with Gasteiger partial charge in [0.1, 0.15) is 0 Å². The highest BCUT2D eigenvalue weighted by atomic mass is 33.1. The van der Waals surface area contributed by atoms with Crippen LogP contribution >= 0.6 is 21.6 Å². The van der Waals surface area contributed by atoms with E-state index in [0.29, 0.717) is 0 Å². The van der Waals surface area contributed by atoms with Gasteiger partial charge in [-0.3, -0.25) is 0 Å². The standard InChI is InChI=1S/C30H30N4S2/c31-29-9-5-25(6-10-29)1-3-27-13-17-33(18-14-27)21-23-35-36-24-22-34-19-15-28(16-20-34)4-2-26-7-11-30(32)12-8-26/h1-20,31-32H,21-24H2/p+2. The molecular formula is C30H32N4S2+2. The highest BCUT2D eigenvalue weighted by Crippen LogP contribution is 2.20. The van der Waals surface area contributed by atoms with Crippen LogP contribution in [0.1, 0.15) is 22.3 Å². The van der Waals surface area contributed by atoms with Crippen LogP contribution in [0.2, 0.25) is 0 Å². The lowest BCUT2D eigenvalue weighted by molar-refractivity contribution is -0.692. The van der Waals surface area contributed by atoms with Gasteiger partial charge in [-0.15, -0.1) is 0 Å². The van der Waals surface area contributed by atoms with Gasteiger partial charge in [0, 0.05) is 35.6 Å². The molecule has 0 unspecified atom stereocenters. The molecule has 0 saturated carbocycles. The van der Waals surface area contributed by atoms with E-state index in [2.05, 4.69) is 82.5 Å². The van der Waals surface area contributed by atoms with Crippen LogP contribution in [0.4, 0.5) is 11.4 Å². The van der Waals surface area contributed by atoms with E-state index in [9.17, 15) is 0 Å². The molecule has 2 aromatic carbocycles. The maximum Gasteiger partial charge on any atom is 0.169 e. The van der Waals surface area contributed by atoms with Gasteiger partial charge in [-0.05, 0) is 46.5 Å². The van der Waals surface area contributed by atoms with Crippen molar-refractivity contribution < 1.29 is 9.13 Å². The van der Waals surface area contributed by atoms with Crippen molar-refractivity contribution in [1.29, 1.82) is 0 Å². The first-order chi connectivity index (χ1) is 17.6. The monoisotopic (exact) mass is 512 g/mol. The number of pyridine rings is 2. The van der Waals surface area contributed by atoms with E-state index in [-0.39, 0.29) is 0 Å². The number of hydrogen-bond donors (Lipinski definition) is 2. The molecule has 2 heterocycles. The SMILES string of the molecule is Nc1ccc(/C=C/c2cc[n+](CCSSCC[n+]3ccc(/C=C/c4ccc(N)cc4)cc3)cc2)cc1. The van der Waals surface area contributed by atoms with Crippen LogP contribution in [0.15, 0.2) is 97.6 Å². The number of nitrogens with zero attached hydrogens (tertiary/aromatic N) is 2. The molecule has 0 saturated heterocycles. The Bertz CT molecular complexity index is 1160. The second-order valence-corrected chi connectivity index (χ2v) is 11.1. The summed E-state index contributed by atoms with van der Waals surface area (Å²) >= 11 is 0. The molecule has 6 heteroatoms. The lowest BCUT2D eigenvalue weighted by Gasteiger charge is -2.00. The quantitative estimate of drug-likeness (QED) is 0.115. The van der Waals surface area contributed by atoms with Gasteiger partial charge in [-0.25, -0.2) is 9.13 Å². The molecule has 4 N–H and O–H groups in total. The number of aryl methyl sites for hydroxylation is 2. The Morgan fingerprint density at radius 2 is 0.778 bits per heavy atom. The van der Waals surface area contributed by atoms with Crippen LogP contribution in [0.25, 0.3) is 24.3 Å². The van der Waals surface area contributed by atoms with Gasteiger partial charge in [0.15, 0.2) is 37.9 Å². The third kappa shape index (κ3) is 8.63. The smallest absolute Gasteiger partial charge is 0.169 e. The normalized spacial score (nSPS) is 11.4. The second-order valence-electron chi connectivity index (χ2n) is 8.38. The fourth-order valence-corrected chi connectivity index (χ4v) is 5.42. The summed E-state index contributed by atoms with van der Waals surface area (Å²) in [5, 5.41) is 0. The molecule has 4 rings (SSSR count). The van der Waals surface area contributed by atoms with Crippen LogP contribution in [0.5, 0.6) is 0 Å². The molecule has 0 atom stereocenters. The summed E-state index contributed by atoms with van der Waals surface area (Å²) in [5.74, 6) is 2.16. The predicted molar refractivity (Wildman–Crippen MR) is 158 cm³/mol. The number of anilines is 2. The Kier molecular flexibility index (Phi) is 9.65. The van der Waals surface area contributed by atoms with Gasteiger partial charge in [-0.2, -0.15) is 0 Å². The summed E-state index contributed by atoms with van der Waals surface area (Å²) in [6, 6.07) is 24.4. The summed E-state index contributed by atoms with van der Waals surface area (Å²) in [4.78, 5) is 0. The molecule has 36 heavy (non-hydrogen) atoms. The Morgan fingerprint density at radius 1 is 0.472 bits per heavy atom. The molecular weight excluding hydrogens is 480 g/mol. The molecule has 182 valence electrons. The summed E-state index contributed by atoms with van der Waals surface area (Å²) in [6.07, 6.45) is 17.0. The van der Waals surface area contributed by atoms with Crippen LogP contribution < -0.4 is 20.6 Å². The third-order valence-electron chi connectivity index (χ3n) is 5.59. The zero-order valence-corrected chi connectivity index (χ0v) is 21.9. The van der Waals surface area contributed by atoms with E-state index in [0.717, 1.165) is 47.1 Å². The van der Waals surface area contributed by atoms with E-state index in [1.165, 1.54) is 11.1 Å². The second kappa shape index (κ2) is 13.6. The molecule has 0 aliphatic rings. The van der Waals surface area contributed by atoms with Gasteiger partial charge in [-0.1, -0.05) is 70.2 Å². The maximum absolute atomic E-state index is 5.74. The molecule has 0 aliphatic heterocycles. The number of nitrogen functional groups attached to an aromatic ring is 2. The average Bonchev–Trinajstić information content (AvgIpc) is 2.91. The zero-order valence-electron chi connectivity index (χ0n) is 20.2. The molecule has 4 aromatic rings. The summed E-state index contributed by atoms with van der Waals surface area (Å²) < 4.78 is 4.47. The first kappa shape index (κ1) is 25.6. The van der Waals surface area contributed by atoms with Crippen molar-refractivity contribution in [2.45, 2.75) is 13.1 Å². The van der Waals surface area contributed by atoms with Gasteiger partial charge in [0.25, 0.3) is 0 Å². The highest BCUT2D eigenvalue weighted by Gasteiger charge is 2.03. The van der Waals surface area contributed by atoms with Crippen molar-refractivity contribution in [3.05, 3.63) is 120 Å². The Hall–Kier alpha value is -3.48. The van der Waals surface area contributed by atoms with Crippen LogP contribution in [0, 0.1) is 0 Å². The predicted octanol–water partition coefficient (Wildman–Crippen LogP) is 5.85. The van der Waals surface area contributed by atoms with Gasteiger partial charge >= 0.3 is 0 Å². The van der Waals surface area contributed by atoms with E-state index in [4.69, 9.17) is 11.5 Å². The Labute approximate surface area is 221 Å². The fraction of sp³-hybridized carbons (Fsp3) is 0.133. The van der Waals surface area contributed by atoms with Gasteiger partial charge < -0.3 is 11.5 Å². The van der Waals surface area contributed by atoms with E-state index in [1.807, 2.05) is 70.1 Å². The number of benzene rings is 2. The largest absolute Gasteiger partial charge is 0.399 e. The van der Waals surface area contributed by atoms with Crippen LogP contribution in [-0.2, 0) is 13.1 Å². The molecule has 0 radical (unpaired) electrons. The van der Waals surface area contributed by atoms with E-state index in [1.54, 1.807) is 0 Å². The minimum atomic E-state index is 0.788. The maximum atomic E-state index is 5.74. The van der Waals surface area contributed by atoms with E-state index >= 15 is 0 Å². The van der Waals surface area contributed by atoms with Crippen molar-refractivity contribution in [2.24, 2.45) is 0 Å². The minimum absolute atomic E-state index is 0.788. The molecule has 2 aromatic heterocycles. The van der Waals surface area contributed by atoms with Crippen molar-refractivity contribution in [2.75, 3.05) is 23.0 Å². The van der Waals surface area contributed by atoms with Gasteiger partial charge in [0.2, 0.25) is 0 Å². The van der Waals surface area contributed by atoms with Gasteiger partial charge in [0.05, 0.1) is 11.5 Å². The molecule has 0 fully saturated rings. The lowest BCUT2D eigenvalue weighted by atomic mass is 10.1. The molecule has 0 bridgehead atoms. The minimum Gasteiger partial charge on any atom is -0.399 e. The van der Waals surface area contributed by atoms with Crippen molar-refractivity contribution in [3.8, 4) is 0 Å². The topological polar surface area (TPSA) is 59.8 Å². The molecule has 0 aliphatic carbocycles. The molecule has 0 amide bonds. The van der Waals surface area contributed by atoms with Crippen molar-refractivity contribution >= 4 is 57.3 Å². The number of hydrogen-bond acceptors (Lipinski definition) is 4. The third-order valence-corrected chi connectivity index (χ3v) is 7.96. The van der Waals surface area contributed by atoms with E-state index < -0.39 is 0 Å². The van der Waals surface area contributed by atoms with Crippen LogP contribution in [-0.4, -0.2) is 11.5 Å². The van der Waals surface area contributed by atoms with Crippen molar-refractivity contribution in [3.63, 3.8) is 0 Å². The first-order valence-corrected chi connectivity index (χ1v) is 14.4. The summed E-state index contributed by atoms with van der Waals surface area (Å²) in [5.41, 5.74) is 17.7.